The number of benzene rings is 2. The second-order valence-electron chi connectivity index (χ2n) is 8.43. The molecule has 3 aliphatic heterocycles. The minimum Gasteiger partial charge on any atom is -0.455 e. The van der Waals surface area contributed by atoms with Crippen LogP contribution in [0.25, 0.3) is 33.3 Å². The molecule has 1 aromatic carbocycles. The highest BCUT2D eigenvalue weighted by molar-refractivity contribution is 6.05. The van der Waals surface area contributed by atoms with Crippen molar-refractivity contribution >= 4 is 27.6 Å². The van der Waals surface area contributed by atoms with E-state index in [0.717, 1.165) is 54.4 Å². The van der Waals surface area contributed by atoms with Crippen LogP contribution >= 0.6 is 0 Å². The second kappa shape index (κ2) is 5.96. The van der Waals surface area contributed by atoms with Crippen molar-refractivity contribution in [2.45, 2.75) is 25.7 Å². The monoisotopic (exact) mass is 387 g/mol. The van der Waals surface area contributed by atoms with Crippen molar-refractivity contribution in [2.75, 3.05) is 32.1 Å². The summed E-state index contributed by atoms with van der Waals surface area (Å²) in [6.45, 7) is 2.18. The standard InChI is InChI=1S/C24H23N2O3/c1-25(2)16-8-7-14-11-19-23(28-20(14)13-16)18-12-15-5-3-9-26-10-4-6-17(21(15)26)22(18)29-24(19)27/h7-8,11-13H,3-6,9-10H2,1-2H3/q+1. The summed E-state index contributed by atoms with van der Waals surface area (Å²) in [5, 5.41) is 2.50. The zero-order chi connectivity index (χ0) is 19.7. The molecule has 0 fully saturated rings. The van der Waals surface area contributed by atoms with E-state index in [9.17, 15) is 4.79 Å². The van der Waals surface area contributed by atoms with E-state index in [1.807, 2.05) is 42.9 Å². The van der Waals surface area contributed by atoms with Crippen molar-refractivity contribution in [3.05, 3.63) is 57.2 Å². The van der Waals surface area contributed by atoms with Gasteiger partial charge in [-0.1, -0.05) is 0 Å². The van der Waals surface area contributed by atoms with Gasteiger partial charge in [-0.2, -0.15) is 0 Å². The molecule has 0 saturated heterocycles. The van der Waals surface area contributed by atoms with Crippen LogP contribution in [-0.2, 0) is 12.8 Å². The van der Waals surface area contributed by atoms with Gasteiger partial charge in [0.1, 0.15) is 30.8 Å². The maximum absolute atomic E-state index is 12.9. The van der Waals surface area contributed by atoms with Crippen LogP contribution in [0, 0.1) is 0 Å². The number of hydrogen-bond acceptors (Lipinski definition) is 4. The summed E-state index contributed by atoms with van der Waals surface area (Å²) >= 11 is 0. The van der Waals surface area contributed by atoms with E-state index in [1.54, 1.807) is 0 Å². The summed E-state index contributed by atoms with van der Waals surface area (Å²) < 4.78 is 14.3. The first-order valence-corrected chi connectivity index (χ1v) is 10.3. The van der Waals surface area contributed by atoms with E-state index in [0.29, 0.717) is 16.6 Å². The SMILES string of the molecule is C[N+](C)=c1ccc2cc3c(=O)oc4c5c6c(cc4c3oc-2c1)CCCN6CCC5. The van der Waals surface area contributed by atoms with Crippen molar-refractivity contribution in [3.8, 4) is 11.3 Å². The molecule has 0 saturated carbocycles. The molecule has 4 heterocycles. The predicted octanol–water partition coefficient (Wildman–Crippen LogP) is 3.37. The van der Waals surface area contributed by atoms with Gasteiger partial charge in [-0.05, 0) is 49.4 Å². The Bertz CT molecular complexity index is 1400. The minimum absolute atomic E-state index is 0.320. The lowest BCUT2D eigenvalue weighted by Crippen LogP contribution is -2.34. The van der Waals surface area contributed by atoms with Gasteiger partial charge in [0.05, 0.1) is 11.5 Å². The lowest BCUT2D eigenvalue weighted by atomic mass is 9.89. The molecule has 0 spiro atoms. The average molecular weight is 387 g/mol. The van der Waals surface area contributed by atoms with Crippen LogP contribution in [0.15, 0.2) is 44.0 Å². The van der Waals surface area contributed by atoms with E-state index in [2.05, 4.69) is 11.0 Å². The number of nitrogens with zero attached hydrogens (tertiary/aromatic N) is 2. The normalized spacial score (nSPS) is 15.9. The van der Waals surface area contributed by atoms with Crippen molar-refractivity contribution < 1.29 is 8.83 Å². The molecular weight excluding hydrogens is 364 g/mol. The Kier molecular flexibility index (Phi) is 3.46. The first-order valence-electron chi connectivity index (χ1n) is 10.3. The lowest BCUT2D eigenvalue weighted by molar-refractivity contribution is 0.549. The number of hydrogen-bond donors (Lipinski definition) is 0. The lowest BCUT2D eigenvalue weighted by Gasteiger charge is -2.37. The Morgan fingerprint density at radius 2 is 1.76 bits per heavy atom. The zero-order valence-electron chi connectivity index (χ0n) is 16.7. The van der Waals surface area contributed by atoms with Gasteiger partial charge in [-0.15, -0.1) is 0 Å². The Balaban J connectivity index is 1.78. The highest BCUT2D eigenvalue weighted by Crippen LogP contribution is 2.41. The summed E-state index contributed by atoms with van der Waals surface area (Å²) in [6, 6.07) is 10.1. The van der Waals surface area contributed by atoms with Crippen LogP contribution in [0.4, 0.5) is 5.69 Å². The van der Waals surface area contributed by atoms with Gasteiger partial charge in [0.2, 0.25) is 5.36 Å². The molecule has 6 rings (SSSR count). The van der Waals surface area contributed by atoms with Gasteiger partial charge >= 0.3 is 5.63 Å². The van der Waals surface area contributed by atoms with Crippen LogP contribution < -0.4 is 20.5 Å². The van der Waals surface area contributed by atoms with Crippen LogP contribution in [0.5, 0.6) is 0 Å². The van der Waals surface area contributed by atoms with Crippen molar-refractivity contribution in [1.29, 1.82) is 0 Å². The fourth-order valence-corrected chi connectivity index (χ4v) is 5.01. The number of anilines is 1. The largest absolute Gasteiger partial charge is 0.455 e. The molecule has 5 heteroatoms. The van der Waals surface area contributed by atoms with E-state index < -0.39 is 0 Å². The van der Waals surface area contributed by atoms with Gasteiger partial charge in [-0.3, -0.25) is 0 Å². The summed E-state index contributed by atoms with van der Waals surface area (Å²) in [5.74, 6) is 0.781. The molecule has 0 N–H and O–H groups in total. The van der Waals surface area contributed by atoms with Crippen molar-refractivity contribution in [2.24, 2.45) is 0 Å². The molecule has 0 atom stereocenters. The topological polar surface area (TPSA) is 49.6 Å². The molecule has 0 amide bonds. The molecule has 29 heavy (non-hydrogen) atoms. The molecule has 146 valence electrons. The van der Waals surface area contributed by atoms with E-state index in [-0.39, 0.29) is 5.63 Å². The Labute approximate surface area is 167 Å². The molecule has 5 nitrogen and oxygen atoms in total. The van der Waals surface area contributed by atoms with Gasteiger partial charge < -0.3 is 13.7 Å². The molecule has 2 aromatic rings. The van der Waals surface area contributed by atoms with Gasteiger partial charge in [0, 0.05) is 36.0 Å². The summed E-state index contributed by atoms with van der Waals surface area (Å²) in [4.78, 5) is 15.4. The second-order valence-corrected chi connectivity index (χ2v) is 8.43. The van der Waals surface area contributed by atoms with E-state index >= 15 is 0 Å². The number of fused-ring (bicyclic) bond motifs is 5. The summed E-state index contributed by atoms with van der Waals surface area (Å²) in [7, 11) is 4.02. The third kappa shape index (κ3) is 2.40. The molecule has 0 bridgehead atoms. The minimum atomic E-state index is -0.320. The maximum atomic E-state index is 12.9. The van der Waals surface area contributed by atoms with Crippen molar-refractivity contribution in [3.63, 3.8) is 0 Å². The van der Waals surface area contributed by atoms with Crippen LogP contribution in [0.3, 0.4) is 0 Å². The molecule has 0 unspecified atom stereocenters. The molecule has 1 aromatic heterocycles. The first-order chi connectivity index (χ1) is 14.1. The fraction of sp³-hybridized carbons (Fsp3) is 0.333. The zero-order valence-corrected chi connectivity index (χ0v) is 16.7. The maximum Gasteiger partial charge on any atom is 0.347 e. The smallest absolute Gasteiger partial charge is 0.347 e. The highest BCUT2D eigenvalue weighted by Gasteiger charge is 2.28. The summed E-state index contributed by atoms with van der Waals surface area (Å²) in [5.41, 5.74) is 5.76. The molecule has 1 aliphatic carbocycles. The quantitative estimate of drug-likeness (QED) is 0.201. The molecule has 0 radical (unpaired) electrons. The Morgan fingerprint density at radius 1 is 0.931 bits per heavy atom. The van der Waals surface area contributed by atoms with Crippen molar-refractivity contribution in [1.82, 2.24) is 4.58 Å². The average Bonchev–Trinajstić information content (AvgIpc) is 2.73. The summed E-state index contributed by atoms with van der Waals surface area (Å²) in [6.07, 6.45) is 4.27. The van der Waals surface area contributed by atoms with Crippen LogP contribution in [-0.4, -0.2) is 27.2 Å². The third-order valence-electron chi connectivity index (χ3n) is 6.40. The third-order valence-corrected chi connectivity index (χ3v) is 6.40. The predicted molar refractivity (Wildman–Crippen MR) is 115 cm³/mol. The van der Waals surface area contributed by atoms with Crippen LogP contribution in [0.2, 0.25) is 0 Å². The Morgan fingerprint density at radius 3 is 2.59 bits per heavy atom. The van der Waals surface area contributed by atoms with E-state index in [1.165, 1.54) is 23.2 Å². The van der Waals surface area contributed by atoms with Gasteiger partial charge in [-0.25, -0.2) is 9.37 Å². The van der Waals surface area contributed by atoms with E-state index in [4.69, 9.17) is 8.83 Å². The first kappa shape index (κ1) is 16.8. The highest BCUT2D eigenvalue weighted by atomic mass is 16.4. The van der Waals surface area contributed by atoms with Gasteiger partial charge in [0.25, 0.3) is 0 Å². The number of rotatable bonds is 0. The fourth-order valence-electron chi connectivity index (χ4n) is 5.01. The van der Waals surface area contributed by atoms with Gasteiger partial charge in [0.15, 0.2) is 5.58 Å². The number of aryl methyl sites for hydroxylation is 2. The van der Waals surface area contributed by atoms with Crippen LogP contribution in [0.1, 0.15) is 24.0 Å². The molecule has 4 aliphatic rings. The Hall–Kier alpha value is -3.08. The molecular formula is C24H23N2O3+.